The first-order chi connectivity index (χ1) is 15.4. The molecule has 0 radical (unpaired) electrons. The summed E-state index contributed by atoms with van der Waals surface area (Å²) in [6.07, 6.45) is 9.70. The quantitative estimate of drug-likeness (QED) is 0.490. The third-order valence-electron chi connectivity index (χ3n) is 6.12. The summed E-state index contributed by atoms with van der Waals surface area (Å²) in [6.45, 7) is 6.47. The Labute approximate surface area is 192 Å². The van der Waals surface area contributed by atoms with Gasteiger partial charge in [-0.2, -0.15) is 0 Å². The molecule has 1 aliphatic carbocycles. The molecule has 1 saturated carbocycles. The summed E-state index contributed by atoms with van der Waals surface area (Å²) in [5.74, 6) is 0.824. The van der Waals surface area contributed by atoms with Crippen LogP contribution in [0.4, 0.5) is 5.69 Å². The van der Waals surface area contributed by atoms with E-state index in [-0.39, 0.29) is 17.4 Å². The topological polar surface area (TPSA) is 76.9 Å². The number of hydrogen-bond acceptors (Lipinski definition) is 6. The molecular formula is C25H30N4O2S. The van der Waals surface area contributed by atoms with Gasteiger partial charge in [0, 0.05) is 54.6 Å². The smallest absolute Gasteiger partial charge is 0.273 e. The number of ketones is 1. The van der Waals surface area contributed by atoms with Crippen LogP contribution in [0.1, 0.15) is 68.4 Å². The normalized spacial score (nSPS) is 18.6. The lowest BCUT2D eigenvalue weighted by molar-refractivity contribution is 0.101. The molecule has 0 amide bonds. The van der Waals surface area contributed by atoms with E-state index in [2.05, 4.69) is 28.5 Å². The van der Waals surface area contributed by atoms with Gasteiger partial charge in [-0.1, -0.05) is 19.9 Å². The van der Waals surface area contributed by atoms with Crippen LogP contribution < -0.4 is 10.9 Å². The summed E-state index contributed by atoms with van der Waals surface area (Å²) in [7, 11) is 0. The maximum atomic E-state index is 13.1. The van der Waals surface area contributed by atoms with Crippen LogP contribution in [0, 0.1) is 5.92 Å². The van der Waals surface area contributed by atoms with E-state index >= 15 is 0 Å². The predicted molar refractivity (Wildman–Crippen MR) is 130 cm³/mol. The van der Waals surface area contributed by atoms with Gasteiger partial charge in [0.2, 0.25) is 0 Å². The molecule has 3 aromatic rings. The van der Waals surface area contributed by atoms with Crippen molar-refractivity contribution in [1.29, 1.82) is 0 Å². The highest BCUT2D eigenvalue weighted by Crippen LogP contribution is 2.34. The Hall–Kier alpha value is -2.80. The first kappa shape index (κ1) is 22.4. The van der Waals surface area contributed by atoms with Gasteiger partial charge in [-0.05, 0) is 66.7 Å². The summed E-state index contributed by atoms with van der Waals surface area (Å²) >= 11 is 1.42. The molecule has 3 heterocycles. The third kappa shape index (κ3) is 5.15. The van der Waals surface area contributed by atoms with Gasteiger partial charge in [0.15, 0.2) is 5.78 Å². The molecule has 0 spiro atoms. The van der Waals surface area contributed by atoms with Crippen molar-refractivity contribution in [3.63, 3.8) is 0 Å². The monoisotopic (exact) mass is 450 g/mol. The fraction of sp³-hybridized carbons (Fsp3) is 0.440. The molecule has 0 aromatic carbocycles. The maximum absolute atomic E-state index is 13.1. The Morgan fingerprint density at radius 2 is 1.97 bits per heavy atom. The average molecular weight is 451 g/mol. The highest BCUT2D eigenvalue weighted by Gasteiger charge is 2.24. The third-order valence-corrected chi connectivity index (χ3v) is 6.71. The number of anilines is 1. The molecular weight excluding hydrogens is 420 g/mol. The molecule has 7 heteroatoms. The van der Waals surface area contributed by atoms with Crippen LogP contribution in [0.15, 0.2) is 47.0 Å². The van der Waals surface area contributed by atoms with Crippen molar-refractivity contribution in [3.05, 3.63) is 63.8 Å². The zero-order valence-electron chi connectivity index (χ0n) is 18.9. The molecule has 0 atom stereocenters. The van der Waals surface area contributed by atoms with Gasteiger partial charge in [0.25, 0.3) is 5.56 Å². The van der Waals surface area contributed by atoms with E-state index in [4.69, 9.17) is 0 Å². The summed E-state index contributed by atoms with van der Waals surface area (Å²) in [6, 6.07) is 6.10. The van der Waals surface area contributed by atoms with E-state index < -0.39 is 0 Å². The highest BCUT2D eigenvalue weighted by molar-refractivity contribution is 7.03. The summed E-state index contributed by atoms with van der Waals surface area (Å²) in [4.78, 5) is 28.9. The van der Waals surface area contributed by atoms with Crippen LogP contribution in [0.5, 0.6) is 0 Å². The molecule has 32 heavy (non-hydrogen) atoms. The summed E-state index contributed by atoms with van der Waals surface area (Å²) in [5.41, 5.74) is 4.48. The van der Waals surface area contributed by atoms with Gasteiger partial charge in [-0.25, -0.2) is 4.37 Å². The predicted octanol–water partition coefficient (Wildman–Crippen LogP) is 5.36. The van der Waals surface area contributed by atoms with Gasteiger partial charge < -0.3 is 9.88 Å². The van der Waals surface area contributed by atoms with E-state index in [9.17, 15) is 9.59 Å². The molecule has 6 nitrogen and oxygen atoms in total. The minimum absolute atomic E-state index is 0.00644. The van der Waals surface area contributed by atoms with Crippen molar-refractivity contribution in [2.75, 3.05) is 5.32 Å². The number of hydrogen-bond donors (Lipinski definition) is 1. The number of Topliss-reactive ketones (excluding diaryl/α,β-unsaturated/α-hetero) is 1. The summed E-state index contributed by atoms with van der Waals surface area (Å²) < 4.78 is 6.05. The summed E-state index contributed by atoms with van der Waals surface area (Å²) in [5, 5.41) is 5.56. The Balaban J connectivity index is 1.48. The first-order valence-electron chi connectivity index (χ1n) is 11.3. The van der Waals surface area contributed by atoms with Gasteiger partial charge in [-0.15, -0.1) is 0 Å². The second-order valence-electron chi connectivity index (χ2n) is 9.13. The lowest BCUT2D eigenvalue weighted by Gasteiger charge is -2.30. The van der Waals surface area contributed by atoms with E-state index in [1.165, 1.54) is 24.0 Å². The van der Waals surface area contributed by atoms with Crippen LogP contribution >= 0.6 is 11.5 Å². The fourth-order valence-corrected chi connectivity index (χ4v) is 4.97. The first-order valence-corrected chi connectivity index (χ1v) is 12.1. The number of pyridine rings is 2. The van der Waals surface area contributed by atoms with Crippen LogP contribution in [-0.2, 0) is 6.54 Å². The Morgan fingerprint density at radius 3 is 2.56 bits per heavy atom. The number of rotatable bonds is 7. The number of carbonyl (C=O) groups is 1. The SMILES string of the molecule is CC(=O)c1ccc([C@H]2CC[C@@H](Nc3cc(-c4cnsc4)cn(CC(C)C)c3=O)CC2)cn1. The zero-order valence-corrected chi connectivity index (χ0v) is 19.7. The number of nitrogens with one attached hydrogen (secondary N) is 1. The largest absolute Gasteiger partial charge is 0.378 e. The number of aromatic nitrogens is 3. The van der Waals surface area contributed by atoms with Crippen LogP contribution in [0.25, 0.3) is 11.1 Å². The molecule has 0 aliphatic heterocycles. The van der Waals surface area contributed by atoms with Crippen LogP contribution in [-0.4, -0.2) is 25.7 Å². The minimum atomic E-state index is -0.00644. The Bertz CT molecular complexity index is 1110. The van der Waals surface area contributed by atoms with Crippen molar-refractivity contribution in [2.24, 2.45) is 5.92 Å². The van der Waals surface area contributed by atoms with Gasteiger partial charge >= 0.3 is 0 Å². The van der Waals surface area contributed by atoms with E-state index in [1.54, 1.807) is 0 Å². The van der Waals surface area contributed by atoms with Gasteiger partial charge in [0.05, 0.1) is 0 Å². The van der Waals surface area contributed by atoms with Crippen molar-refractivity contribution in [2.45, 2.75) is 65.0 Å². The fourth-order valence-electron chi connectivity index (χ4n) is 4.42. The lowest BCUT2D eigenvalue weighted by atomic mass is 9.82. The highest BCUT2D eigenvalue weighted by atomic mass is 32.1. The Morgan fingerprint density at radius 1 is 1.19 bits per heavy atom. The van der Waals surface area contributed by atoms with E-state index in [0.29, 0.717) is 29.8 Å². The van der Waals surface area contributed by atoms with Crippen molar-refractivity contribution in [3.8, 4) is 11.1 Å². The number of carbonyl (C=O) groups excluding carboxylic acids is 1. The van der Waals surface area contributed by atoms with E-state index in [1.807, 2.05) is 46.7 Å². The molecule has 0 bridgehead atoms. The number of nitrogens with zero attached hydrogens (tertiary/aromatic N) is 3. The van der Waals surface area contributed by atoms with Gasteiger partial charge in [0.1, 0.15) is 11.4 Å². The molecule has 4 rings (SSSR count). The maximum Gasteiger partial charge on any atom is 0.273 e. The molecule has 0 unspecified atom stereocenters. The molecule has 168 valence electrons. The van der Waals surface area contributed by atoms with Crippen LogP contribution in [0.2, 0.25) is 0 Å². The lowest BCUT2D eigenvalue weighted by Crippen LogP contribution is -2.31. The second kappa shape index (κ2) is 9.77. The molecule has 3 aromatic heterocycles. The zero-order chi connectivity index (χ0) is 22.7. The Kier molecular flexibility index (Phi) is 6.84. The standard InChI is InChI=1S/C25H30N4O2S/c1-16(2)13-29-14-20(21-12-27-32-15-21)10-24(25(29)31)28-22-7-4-18(5-8-22)19-6-9-23(17(3)30)26-11-19/h6,9-12,14-16,18,22,28H,4-5,7-8,13H2,1-3H3/t18-,22+. The van der Waals surface area contributed by atoms with Crippen LogP contribution in [0.3, 0.4) is 0 Å². The van der Waals surface area contributed by atoms with E-state index in [0.717, 1.165) is 36.8 Å². The van der Waals surface area contributed by atoms with Crippen molar-refractivity contribution in [1.82, 2.24) is 13.9 Å². The minimum Gasteiger partial charge on any atom is -0.378 e. The molecule has 1 aliphatic rings. The molecule has 1 fully saturated rings. The molecule has 1 N–H and O–H groups in total. The van der Waals surface area contributed by atoms with Crippen molar-refractivity contribution >= 4 is 23.0 Å². The average Bonchev–Trinajstić information content (AvgIpc) is 3.32. The van der Waals surface area contributed by atoms with Crippen molar-refractivity contribution < 1.29 is 4.79 Å². The van der Waals surface area contributed by atoms with Gasteiger partial charge in [-0.3, -0.25) is 14.6 Å². The molecule has 0 saturated heterocycles. The second-order valence-corrected chi connectivity index (χ2v) is 9.79.